The zero-order valence-corrected chi connectivity index (χ0v) is 15.9. The van der Waals surface area contributed by atoms with Gasteiger partial charge >= 0.3 is 5.97 Å². The SMILES string of the molecule is CC(=O)Oc1cccc(N2C(=O)c3ccc(C(=O)Nc4ccccc4)cc3C2=O)c1. The first-order valence-electron chi connectivity index (χ1n) is 9.12. The third-order valence-electron chi connectivity index (χ3n) is 4.52. The molecule has 4 rings (SSSR count). The van der Waals surface area contributed by atoms with Gasteiger partial charge in [-0.3, -0.25) is 19.2 Å². The maximum absolute atomic E-state index is 12.9. The van der Waals surface area contributed by atoms with Gasteiger partial charge in [-0.2, -0.15) is 0 Å². The Kier molecular flexibility index (Phi) is 4.85. The number of imide groups is 1. The molecule has 3 amide bonds. The highest BCUT2D eigenvalue weighted by molar-refractivity contribution is 6.34. The molecule has 1 heterocycles. The van der Waals surface area contributed by atoms with E-state index in [1.165, 1.54) is 31.2 Å². The number of anilines is 2. The largest absolute Gasteiger partial charge is 0.427 e. The third kappa shape index (κ3) is 3.56. The van der Waals surface area contributed by atoms with Crippen LogP contribution in [-0.4, -0.2) is 23.7 Å². The highest BCUT2D eigenvalue weighted by Crippen LogP contribution is 2.31. The lowest BCUT2D eigenvalue weighted by atomic mass is 10.1. The number of amides is 3. The van der Waals surface area contributed by atoms with Crippen molar-refractivity contribution >= 4 is 35.1 Å². The van der Waals surface area contributed by atoms with Crippen LogP contribution in [0.1, 0.15) is 38.0 Å². The summed E-state index contributed by atoms with van der Waals surface area (Å²) >= 11 is 0. The van der Waals surface area contributed by atoms with Gasteiger partial charge in [-0.05, 0) is 42.5 Å². The Hall–Kier alpha value is -4.26. The fraction of sp³-hybridized carbons (Fsp3) is 0.0435. The smallest absolute Gasteiger partial charge is 0.308 e. The molecule has 0 aromatic heterocycles. The molecule has 0 bridgehead atoms. The number of nitrogens with one attached hydrogen (secondary N) is 1. The van der Waals surface area contributed by atoms with E-state index >= 15 is 0 Å². The number of para-hydroxylation sites is 1. The maximum Gasteiger partial charge on any atom is 0.308 e. The first-order chi connectivity index (χ1) is 14.4. The number of carbonyl (C=O) groups is 4. The van der Waals surface area contributed by atoms with Gasteiger partial charge in [-0.25, -0.2) is 4.90 Å². The Bertz CT molecular complexity index is 1190. The van der Waals surface area contributed by atoms with Crippen molar-refractivity contribution in [2.75, 3.05) is 10.2 Å². The molecule has 0 aliphatic carbocycles. The Balaban J connectivity index is 1.62. The molecule has 0 spiro atoms. The van der Waals surface area contributed by atoms with Crippen LogP contribution < -0.4 is 15.0 Å². The number of hydrogen-bond donors (Lipinski definition) is 1. The molecular formula is C23H16N2O5. The van der Waals surface area contributed by atoms with Gasteiger partial charge in [0.05, 0.1) is 16.8 Å². The number of rotatable bonds is 4. The van der Waals surface area contributed by atoms with E-state index in [0.717, 1.165) is 4.90 Å². The van der Waals surface area contributed by atoms with E-state index in [0.29, 0.717) is 5.69 Å². The molecule has 1 N–H and O–H groups in total. The number of benzene rings is 3. The van der Waals surface area contributed by atoms with Crippen LogP contribution in [0.15, 0.2) is 72.8 Å². The predicted molar refractivity (Wildman–Crippen MR) is 110 cm³/mol. The van der Waals surface area contributed by atoms with Crippen LogP contribution >= 0.6 is 0 Å². The van der Waals surface area contributed by atoms with Gasteiger partial charge in [-0.1, -0.05) is 24.3 Å². The fourth-order valence-electron chi connectivity index (χ4n) is 3.19. The fourth-order valence-corrected chi connectivity index (χ4v) is 3.19. The molecule has 7 nitrogen and oxygen atoms in total. The molecule has 0 atom stereocenters. The van der Waals surface area contributed by atoms with Crippen LogP contribution in [0.4, 0.5) is 11.4 Å². The highest BCUT2D eigenvalue weighted by Gasteiger charge is 2.37. The molecule has 0 fully saturated rings. The lowest BCUT2D eigenvalue weighted by Gasteiger charge is -2.14. The molecule has 0 saturated heterocycles. The van der Waals surface area contributed by atoms with E-state index in [-0.39, 0.29) is 34.0 Å². The van der Waals surface area contributed by atoms with Crippen LogP contribution in [0, 0.1) is 0 Å². The monoisotopic (exact) mass is 400 g/mol. The van der Waals surface area contributed by atoms with Crippen molar-refractivity contribution in [1.82, 2.24) is 0 Å². The van der Waals surface area contributed by atoms with Crippen molar-refractivity contribution in [2.45, 2.75) is 6.92 Å². The number of hydrogen-bond acceptors (Lipinski definition) is 5. The lowest BCUT2D eigenvalue weighted by Crippen LogP contribution is -2.29. The minimum atomic E-state index is -0.552. The summed E-state index contributed by atoms with van der Waals surface area (Å²) in [6.45, 7) is 1.26. The second-order valence-corrected chi connectivity index (χ2v) is 6.62. The summed E-state index contributed by atoms with van der Waals surface area (Å²) in [6, 6.07) is 19.4. The van der Waals surface area contributed by atoms with Gasteiger partial charge in [0.2, 0.25) is 0 Å². The molecule has 3 aromatic carbocycles. The van der Waals surface area contributed by atoms with E-state index in [9.17, 15) is 19.2 Å². The average Bonchev–Trinajstić information content (AvgIpc) is 2.98. The van der Waals surface area contributed by atoms with Crippen LogP contribution in [0.5, 0.6) is 5.75 Å². The second kappa shape index (κ2) is 7.63. The van der Waals surface area contributed by atoms with E-state index in [1.54, 1.807) is 42.5 Å². The Morgan fingerprint density at radius 3 is 2.30 bits per heavy atom. The molecule has 0 unspecified atom stereocenters. The summed E-state index contributed by atoms with van der Waals surface area (Å²) in [4.78, 5) is 50.5. The predicted octanol–water partition coefficient (Wildman–Crippen LogP) is 3.66. The highest BCUT2D eigenvalue weighted by atomic mass is 16.5. The molecule has 1 aliphatic heterocycles. The maximum atomic E-state index is 12.9. The molecule has 0 radical (unpaired) electrons. The Morgan fingerprint density at radius 1 is 0.833 bits per heavy atom. The third-order valence-corrected chi connectivity index (χ3v) is 4.52. The number of carbonyl (C=O) groups excluding carboxylic acids is 4. The van der Waals surface area contributed by atoms with E-state index in [2.05, 4.69) is 5.32 Å². The van der Waals surface area contributed by atoms with E-state index in [4.69, 9.17) is 4.74 Å². The molecule has 3 aromatic rings. The second-order valence-electron chi connectivity index (χ2n) is 6.62. The summed E-state index contributed by atoms with van der Waals surface area (Å²) in [5.41, 5.74) is 1.49. The van der Waals surface area contributed by atoms with Crippen LogP contribution in [0.3, 0.4) is 0 Å². The topological polar surface area (TPSA) is 92.8 Å². The van der Waals surface area contributed by atoms with Gasteiger partial charge in [0.25, 0.3) is 17.7 Å². The molecule has 148 valence electrons. The summed E-state index contributed by atoms with van der Waals surface area (Å²) in [5.74, 6) is -1.74. The van der Waals surface area contributed by atoms with Gasteiger partial charge in [0, 0.05) is 24.2 Å². The lowest BCUT2D eigenvalue weighted by molar-refractivity contribution is -0.131. The normalized spacial score (nSPS) is 12.5. The van der Waals surface area contributed by atoms with Crippen LogP contribution in [0.25, 0.3) is 0 Å². The zero-order chi connectivity index (χ0) is 21.3. The molecular weight excluding hydrogens is 384 g/mol. The quantitative estimate of drug-likeness (QED) is 0.410. The Morgan fingerprint density at radius 2 is 1.57 bits per heavy atom. The minimum Gasteiger partial charge on any atom is -0.427 e. The van der Waals surface area contributed by atoms with E-state index in [1.807, 2.05) is 6.07 Å². The first kappa shape index (κ1) is 19.1. The van der Waals surface area contributed by atoms with Crippen molar-refractivity contribution in [3.8, 4) is 5.75 Å². The van der Waals surface area contributed by atoms with Crippen LogP contribution in [0.2, 0.25) is 0 Å². The van der Waals surface area contributed by atoms with Gasteiger partial charge in [0.1, 0.15) is 5.75 Å². The van der Waals surface area contributed by atoms with E-state index < -0.39 is 17.8 Å². The number of fused-ring (bicyclic) bond motifs is 1. The summed E-state index contributed by atoms with van der Waals surface area (Å²) in [7, 11) is 0. The number of nitrogens with zero attached hydrogens (tertiary/aromatic N) is 1. The van der Waals surface area contributed by atoms with Gasteiger partial charge in [-0.15, -0.1) is 0 Å². The van der Waals surface area contributed by atoms with Gasteiger partial charge < -0.3 is 10.1 Å². The molecule has 7 heteroatoms. The van der Waals surface area contributed by atoms with Crippen molar-refractivity contribution in [2.24, 2.45) is 0 Å². The van der Waals surface area contributed by atoms with Crippen molar-refractivity contribution in [3.63, 3.8) is 0 Å². The minimum absolute atomic E-state index is 0.138. The molecule has 30 heavy (non-hydrogen) atoms. The molecule has 1 aliphatic rings. The average molecular weight is 400 g/mol. The standard InChI is InChI=1S/C23H16N2O5/c1-14(26)30-18-9-5-8-17(13-18)25-22(28)19-11-10-15(12-20(19)23(25)29)21(27)24-16-6-3-2-4-7-16/h2-13H,1H3,(H,24,27). The van der Waals surface area contributed by atoms with Crippen molar-refractivity contribution < 1.29 is 23.9 Å². The van der Waals surface area contributed by atoms with Crippen molar-refractivity contribution in [1.29, 1.82) is 0 Å². The molecule has 0 saturated carbocycles. The Labute approximate surface area is 171 Å². The van der Waals surface area contributed by atoms with Gasteiger partial charge in [0.15, 0.2) is 0 Å². The summed E-state index contributed by atoms with van der Waals surface area (Å²) in [6.07, 6.45) is 0. The summed E-state index contributed by atoms with van der Waals surface area (Å²) in [5, 5.41) is 2.75. The number of ether oxygens (including phenoxy) is 1. The summed E-state index contributed by atoms with van der Waals surface area (Å²) < 4.78 is 5.03. The zero-order valence-electron chi connectivity index (χ0n) is 15.9. The van der Waals surface area contributed by atoms with Crippen LogP contribution in [-0.2, 0) is 4.79 Å². The first-order valence-corrected chi connectivity index (χ1v) is 9.12. The number of esters is 1. The van der Waals surface area contributed by atoms with Crippen molar-refractivity contribution in [3.05, 3.63) is 89.5 Å².